The zero-order chi connectivity index (χ0) is 18.6. The minimum absolute atomic E-state index is 0.0714. The van der Waals surface area contributed by atoms with E-state index >= 15 is 0 Å². The number of benzene rings is 1. The number of amides is 1. The smallest absolute Gasteiger partial charge is 0.253 e. The molecule has 1 saturated heterocycles. The van der Waals surface area contributed by atoms with Gasteiger partial charge in [0, 0.05) is 57.0 Å². The second kappa shape index (κ2) is 8.02. The van der Waals surface area contributed by atoms with Gasteiger partial charge in [0.25, 0.3) is 5.91 Å². The molecule has 2 aromatic rings. The third-order valence-corrected chi connectivity index (χ3v) is 5.04. The Kier molecular flexibility index (Phi) is 5.31. The molecule has 0 spiro atoms. The van der Waals surface area contributed by atoms with Crippen LogP contribution >= 0.6 is 0 Å². The fourth-order valence-electron chi connectivity index (χ4n) is 3.47. The zero-order valence-corrected chi connectivity index (χ0v) is 15.6. The molecule has 3 heterocycles. The summed E-state index contributed by atoms with van der Waals surface area (Å²) >= 11 is 0. The van der Waals surface area contributed by atoms with Gasteiger partial charge in [0.1, 0.15) is 0 Å². The molecule has 0 atom stereocenters. The number of anilines is 1. The molecule has 1 aromatic heterocycles. The van der Waals surface area contributed by atoms with Crippen LogP contribution in [-0.2, 0) is 29.1 Å². The maximum absolute atomic E-state index is 12.7. The Morgan fingerprint density at radius 3 is 2.70 bits per heavy atom. The molecule has 1 aromatic carbocycles. The van der Waals surface area contributed by atoms with E-state index in [-0.39, 0.29) is 5.91 Å². The molecular weight excluding hydrogens is 344 g/mol. The van der Waals surface area contributed by atoms with Crippen LogP contribution in [-0.4, -0.2) is 60.7 Å². The van der Waals surface area contributed by atoms with Crippen LogP contribution in [0.25, 0.3) is 0 Å². The van der Waals surface area contributed by atoms with Crippen molar-refractivity contribution in [2.75, 3.05) is 44.8 Å². The number of methoxy groups -OCH3 is 1. The summed E-state index contributed by atoms with van der Waals surface area (Å²) in [6.07, 6.45) is 2.71. The highest BCUT2D eigenvalue weighted by atomic mass is 16.5. The molecule has 27 heavy (non-hydrogen) atoms. The van der Waals surface area contributed by atoms with E-state index in [9.17, 15) is 4.79 Å². The van der Waals surface area contributed by atoms with E-state index < -0.39 is 0 Å². The predicted molar refractivity (Wildman–Crippen MR) is 101 cm³/mol. The second-order valence-electron chi connectivity index (χ2n) is 6.85. The van der Waals surface area contributed by atoms with E-state index in [4.69, 9.17) is 14.5 Å². The molecule has 0 bridgehead atoms. The van der Waals surface area contributed by atoms with Crippen molar-refractivity contribution in [2.24, 2.45) is 0 Å². The molecule has 142 valence electrons. The van der Waals surface area contributed by atoms with Gasteiger partial charge in [-0.2, -0.15) is 0 Å². The summed E-state index contributed by atoms with van der Waals surface area (Å²) in [7, 11) is 1.67. The van der Waals surface area contributed by atoms with Crippen molar-refractivity contribution in [3.8, 4) is 0 Å². The lowest BCUT2D eigenvalue weighted by Crippen LogP contribution is -2.49. The van der Waals surface area contributed by atoms with Gasteiger partial charge in [-0.15, -0.1) is 0 Å². The number of fused-ring (bicyclic) bond motifs is 1. The maximum atomic E-state index is 12.7. The standard InChI is InChI=1S/C20H24N4O3/c1-26-13-15-2-4-16(5-3-15)19(25)23-7-9-24(10-8-23)20-21-12-17-14-27-11-6-18(17)22-20/h2-5,12H,6-11,13-14H2,1H3. The van der Waals surface area contributed by atoms with Gasteiger partial charge in [0.15, 0.2) is 0 Å². The van der Waals surface area contributed by atoms with Crippen molar-refractivity contribution in [3.05, 3.63) is 52.8 Å². The molecule has 7 heteroatoms. The Hall–Kier alpha value is -2.51. The summed E-state index contributed by atoms with van der Waals surface area (Å²) in [5, 5.41) is 0. The lowest BCUT2D eigenvalue weighted by Gasteiger charge is -2.35. The predicted octanol–water partition coefficient (Wildman–Crippen LogP) is 1.66. The second-order valence-corrected chi connectivity index (χ2v) is 6.85. The fourth-order valence-corrected chi connectivity index (χ4v) is 3.47. The number of rotatable bonds is 4. The molecule has 0 N–H and O–H groups in total. The Bertz CT molecular complexity index is 801. The van der Waals surface area contributed by atoms with Gasteiger partial charge in [-0.1, -0.05) is 12.1 Å². The quantitative estimate of drug-likeness (QED) is 0.818. The van der Waals surface area contributed by atoms with Crippen molar-refractivity contribution in [3.63, 3.8) is 0 Å². The summed E-state index contributed by atoms with van der Waals surface area (Å²) in [6.45, 7) is 4.69. The van der Waals surface area contributed by atoms with Gasteiger partial charge >= 0.3 is 0 Å². The van der Waals surface area contributed by atoms with Crippen LogP contribution in [0, 0.1) is 0 Å². The van der Waals surface area contributed by atoms with Gasteiger partial charge < -0.3 is 19.3 Å². The minimum atomic E-state index is 0.0714. The molecule has 0 saturated carbocycles. The first-order chi connectivity index (χ1) is 13.2. The van der Waals surface area contributed by atoms with E-state index in [1.54, 1.807) is 7.11 Å². The van der Waals surface area contributed by atoms with Gasteiger partial charge in [-0.25, -0.2) is 9.97 Å². The zero-order valence-electron chi connectivity index (χ0n) is 15.6. The van der Waals surface area contributed by atoms with Crippen molar-refractivity contribution in [1.29, 1.82) is 0 Å². The van der Waals surface area contributed by atoms with Crippen LogP contribution in [0.1, 0.15) is 27.2 Å². The molecule has 1 fully saturated rings. The van der Waals surface area contributed by atoms with Crippen molar-refractivity contribution in [1.82, 2.24) is 14.9 Å². The number of hydrogen-bond donors (Lipinski definition) is 0. The molecule has 4 rings (SSSR count). The lowest BCUT2D eigenvalue weighted by atomic mass is 10.1. The highest BCUT2D eigenvalue weighted by molar-refractivity contribution is 5.94. The summed E-state index contributed by atoms with van der Waals surface area (Å²) in [6, 6.07) is 7.63. The Morgan fingerprint density at radius 1 is 1.19 bits per heavy atom. The molecule has 0 unspecified atom stereocenters. The number of carbonyl (C=O) groups is 1. The average molecular weight is 368 g/mol. The first-order valence-electron chi connectivity index (χ1n) is 9.29. The maximum Gasteiger partial charge on any atom is 0.253 e. The van der Waals surface area contributed by atoms with Crippen molar-refractivity contribution in [2.45, 2.75) is 19.6 Å². The third-order valence-electron chi connectivity index (χ3n) is 5.04. The van der Waals surface area contributed by atoms with Gasteiger partial charge in [-0.05, 0) is 17.7 Å². The van der Waals surface area contributed by atoms with Crippen molar-refractivity contribution >= 4 is 11.9 Å². The summed E-state index contributed by atoms with van der Waals surface area (Å²) in [4.78, 5) is 26.0. The third kappa shape index (κ3) is 3.94. The number of hydrogen-bond acceptors (Lipinski definition) is 6. The van der Waals surface area contributed by atoms with Gasteiger partial charge in [0.2, 0.25) is 5.95 Å². The molecule has 0 radical (unpaired) electrons. The number of nitrogens with zero attached hydrogens (tertiary/aromatic N) is 4. The van der Waals surface area contributed by atoms with E-state index in [1.807, 2.05) is 35.4 Å². The fraction of sp³-hybridized carbons (Fsp3) is 0.450. The average Bonchev–Trinajstić information content (AvgIpc) is 2.74. The van der Waals surface area contributed by atoms with Crippen molar-refractivity contribution < 1.29 is 14.3 Å². The van der Waals surface area contributed by atoms with Crippen LogP contribution in [0.15, 0.2) is 30.5 Å². The van der Waals surface area contributed by atoms with E-state index in [1.165, 1.54) is 0 Å². The highest BCUT2D eigenvalue weighted by Gasteiger charge is 2.24. The van der Waals surface area contributed by atoms with Crippen LogP contribution in [0.3, 0.4) is 0 Å². The highest BCUT2D eigenvalue weighted by Crippen LogP contribution is 2.19. The van der Waals surface area contributed by atoms with Crippen LogP contribution in [0.5, 0.6) is 0 Å². The summed E-state index contributed by atoms with van der Waals surface area (Å²) < 4.78 is 10.6. The van der Waals surface area contributed by atoms with Gasteiger partial charge in [0.05, 0.1) is 25.5 Å². The SMILES string of the molecule is COCc1ccc(C(=O)N2CCN(c3ncc4c(n3)CCOC4)CC2)cc1. The number of carbonyl (C=O) groups excluding carboxylic acids is 1. The molecule has 1 amide bonds. The Labute approximate surface area is 158 Å². The monoisotopic (exact) mass is 368 g/mol. The normalized spacial score (nSPS) is 16.9. The summed E-state index contributed by atoms with van der Waals surface area (Å²) in [5.74, 6) is 0.828. The first kappa shape index (κ1) is 17.9. The molecule has 2 aliphatic rings. The van der Waals surface area contributed by atoms with Crippen LogP contribution in [0.4, 0.5) is 5.95 Å². The van der Waals surface area contributed by atoms with Gasteiger partial charge in [-0.3, -0.25) is 4.79 Å². The Morgan fingerprint density at radius 2 is 1.96 bits per heavy atom. The van der Waals surface area contributed by atoms with E-state index in [0.717, 1.165) is 48.9 Å². The first-order valence-corrected chi connectivity index (χ1v) is 9.29. The van der Waals surface area contributed by atoms with Crippen LogP contribution in [0.2, 0.25) is 0 Å². The van der Waals surface area contributed by atoms with E-state index in [0.29, 0.717) is 31.9 Å². The molecule has 2 aliphatic heterocycles. The number of ether oxygens (including phenoxy) is 2. The van der Waals surface area contributed by atoms with E-state index in [2.05, 4.69) is 9.88 Å². The minimum Gasteiger partial charge on any atom is -0.380 e. The topological polar surface area (TPSA) is 67.8 Å². The van der Waals surface area contributed by atoms with Crippen LogP contribution < -0.4 is 4.90 Å². The molecular formula is C20H24N4O3. The molecule has 7 nitrogen and oxygen atoms in total. The summed E-state index contributed by atoms with van der Waals surface area (Å²) in [5.41, 5.74) is 3.94. The molecule has 0 aliphatic carbocycles. The Balaban J connectivity index is 1.37. The number of piperazine rings is 1. The largest absolute Gasteiger partial charge is 0.380 e. The lowest BCUT2D eigenvalue weighted by molar-refractivity contribution is 0.0746. The number of aromatic nitrogens is 2.